The number of aromatic amines is 1. The number of anilines is 2. The summed E-state index contributed by atoms with van der Waals surface area (Å²) in [5.41, 5.74) is 8.41. The summed E-state index contributed by atoms with van der Waals surface area (Å²) in [6, 6.07) is 11.5. The van der Waals surface area contributed by atoms with Crippen molar-refractivity contribution in [1.82, 2.24) is 20.3 Å². The number of hydrogen-bond donors (Lipinski definition) is 3. The van der Waals surface area contributed by atoms with Gasteiger partial charge in [0.2, 0.25) is 5.88 Å². The fourth-order valence-corrected chi connectivity index (χ4v) is 5.48. The molecule has 1 unspecified atom stereocenters. The zero-order valence-corrected chi connectivity index (χ0v) is 20.9. The van der Waals surface area contributed by atoms with Gasteiger partial charge in [-0.05, 0) is 55.7 Å². The number of ether oxygens (including phenoxy) is 1. The lowest BCUT2D eigenvalue weighted by Gasteiger charge is -2.24. The molecule has 4 aromatic rings. The van der Waals surface area contributed by atoms with Crippen LogP contribution in [-0.2, 0) is 6.42 Å². The number of nitrogens with one attached hydrogen (secondary N) is 3. The van der Waals surface area contributed by atoms with Crippen LogP contribution in [0.25, 0.3) is 22.3 Å². The van der Waals surface area contributed by atoms with Crippen LogP contribution < -0.4 is 15.4 Å². The molecule has 4 bridgehead atoms. The highest BCUT2D eigenvalue weighted by molar-refractivity contribution is 6.31. The molecule has 1 atom stereocenters. The highest BCUT2D eigenvalue weighted by atomic mass is 35.5. The number of rotatable bonds is 3. The van der Waals surface area contributed by atoms with E-state index in [1.165, 1.54) is 5.57 Å². The van der Waals surface area contributed by atoms with E-state index >= 15 is 0 Å². The maximum Gasteiger partial charge on any atom is 0.255 e. The fourth-order valence-electron chi connectivity index (χ4n) is 5.17. The normalized spacial score (nSPS) is 18.4. The summed E-state index contributed by atoms with van der Waals surface area (Å²) in [7, 11) is 0. The summed E-state index contributed by atoms with van der Waals surface area (Å²) >= 11 is 6.53. The van der Waals surface area contributed by atoms with Crippen LogP contribution in [0.2, 0.25) is 5.02 Å². The van der Waals surface area contributed by atoms with Crippen LogP contribution in [0.1, 0.15) is 47.8 Å². The summed E-state index contributed by atoms with van der Waals surface area (Å²) in [5.74, 6) is 0.531. The van der Waals surface area contributed by atoms with E-state index in [0.717, 1.165) is 46.6 Å². The molecule has 1 aromatic carbocycles. The highest BCUT2D eigenvalue weighted by Gasteiger charge is 2.33. The standard InChI is InChI=1S/C28H26ClN5O2/c1-3-17-19(29)5-4-6-20(17)32-27-23-24-16(14-31-28(23)35)13-15(2)10-12-36-22-8-7-21-25(33-22)18(9-11-30-21)26(27)34-24/h4-11,16,32,34H,3,12-14H2,1-2H3,(H,31,35)/b15-10-. The predicted molar refractivity (Wildman–Crippen MR) is 142 cm³/mol. The molecule has 1 amide bonds. The van der Waals surface area contributed by atoms with Crippen LogP contribution in [0.5, 0.6) is 5.88 Å². The number of amides is 1. The van der Waals surface area contributed by atoms with Crippen molar-refractivity contribution >= 4 is 39.9 Å². The number of hydrogen-bond acceptors (Lipinski definition) is 5. The first-order valence-electron chi connectivity index (χ1n) is 12.2. The zero-order valence-electron chi connectivity index (χ0n) is 20.1. The second-order valence-electron chi connectivity index (χ2n) is 9.26. The average Bonchev–Trinajstić information content (AvgIpc) is 3.25. The van der Waals surface area contributed by atoms with Gasteiger partial charge in [-0.25, -0.2) is 4.98 Å². The summed E-state index contributed by atoms with van der Waals surface area (Å²) in [6.07, 6.45) is 5.39. The van der Waals surface area contributed by atoms with Crippen LogP contribution in [0.3, 0.4) is 0 Å². The minimum absolute atomic E-state index is 0.0995. The molecule has 2 aliphatic heterocycles. The Hall–Kier alpha value is -3.84. The van der Waals surface area contributed by atoms with Gasteiger partial charge in [0.1, 0.15) is 12.1 Å². The summed E-state index contributed by atoms with van der Waals surface area (Å²) in [6.45, 7) is 5.16. The van der Waals surface area contributed by atoms with Gasteiger partial charge >= 0.3 is 0 Å². The van der Waals surface area contributed by atoms with E-state index in [2.05, 4.69) is 40.5 Å². The topological polar surface area (TPSA) is 91.9 Å². The molecule has 36 heavy (non-hydrogen) atoms. The third-order valence-electron chi connectivity index (χ3n) is 6.96. The molecule has 0 saturated heterocycles. The van der Waals surface area contributed by atoms with Crippen molar-refractivity contribution in [1.29, 1.82) is 0 Å². The Bertz CT molecular complexity index is 1540. The second-order valence-corrected chi connectivity index (χ2v) is 9.66. The number of fused-ring (bicyclic) bond motifs is 3. The summed E-state index contributed by atoms with van der Waals surface area (Å²) in [4.78, 5) is 26.3. The molecule has 0 spiro atoms. The lowest BCUT2D eigenvalue weighted by atomic mass is 9.90. The van der Waals surface area contributed by atoms with Crippen molar-refractivity contribution in [2.45, 2.75) is 32.6 Å². The molecule has 3 aromatic heterocycles. The van der Waals surface area contributed by atoms with E-state index in [0.29, 0.717) is 40.8 Å². The van der Waals surface area contributed by atoms with Gasteiger partial charge in [0.05, 0.1) is 22.5 Å². The number of allylic oxidation sites excluding steroid dienone is 1. The van der Waals surface area contributed by atoms with Crippen molar-refractivity contribution < 1.29 is 9.53 Å². The molecule has 2 aliphatic rings. The molecule has 5 heterocycles. The van der Waals surface area contributed by atoms with Gasteiger partial charge in [-0.2, -0.15) is 0 Å². The van der Waals surface area contributed by atoms with Crippen molar-refractivity contribution in [2.24, 2.45) is 0 Å². The Balaban J connectivity index is 1.65. The van der Waals surface area contributed by atoms with E-state index in [1.54, 1.807) is 6.20 Å². The Morgan fingerprint density at radius 1 is 1.22 bits per heavy atom. The Morgan fingerprint density at radius 2 is 2.11 bits per heavy atom. The minimum atomic E-state index is -0.101. The number of halogens is 1. The number of H-pyrrole nitrogens is 1. The third-order valence-corrected chi connectivity index (χ3v) is 7.32. The number of nitrogens with zero attached hydrogens (tertiary/aromatic N) is 2. The minimum Gasteiger partial charge on any atom is -0.473 e. The molecular weight excluding hydrogens is 474 g/mol. The third kappa shape index (κ3) is 3.80. The van der Waals surface area contributed by atoms with Gasteiger partial charge in [0.25, 0.3) is 5.91 Å². The Kier molecular flexibility index (Phi) is 5.64. The lowest BCUT2D eigenvalue weighted by Crippen LogP contribution is -2.35. The van der Waals surface area contributed by atoms with Crippen LogP contribution in [0.4, 0.5) is 11.4 Å². The van der Waals surface area contributed by atoms with Gasteiger partial charge < -0.3 is 20.4 Å². The highest BCUT2D eigenvalue weighted by Crippen LogP contribution is 2.43. The molecule has 3 N–H and O–H groups in total. The van der Waals surface area contributed by atoms with Crippen molar-refractivity contribution in [2.75, 3.05) is 18.5 Å². The van der Waals surface area contributed by atoms with Crippen LogP contribution >= 0.6 is 11.6 Å². The molecule has 8 heteroatoms. The fraction of sp³-hybridized carbons (Fsp3) is 0.250. The monoisotopic (exact) mass is 499 g/mol. The number of carbonyl (C=O) groups excluding carboxylic acids is 1. The van der Waals surface area contributed by atoms with Crippen molar-refractivity contribution in [3.8, 4) is 17.1 Å². The second kappa shape index (κ2) is 8.99. The zero-order chi connectivity index (χ0) is 24.8. The molecule has 0 saturated carbocycles. The maximum absolute atomic E-state index is 13.3. The Labute approximate surface area is 214 Å². The molecule has 0 fully saturated rings. The van der Waals surface area contributed by atoms with Crippen LogP contribution in [0.15, 0.2) is 54.2 Å². The van der Waals surface area contributed by atoms with Gasteiger partial charge in [-0.15, -0.1) is 0 Å². The van der Waals surface area contributed by atoms with Crippen LogP contribution in [0, 0.1) is 0 Å². The van der Waals surface area contributed by atoms with E-state index in [4.69, 9.17) is 21.3 Å². The SMILES string of the molecule is CCc1c(Cl)cccc1Nc1c2[nH]c3c1C(=O)NCC3C/C(C)=C\COc1ccc3nccc-2c3n1. The first kappa shape index (κ1) is 22.6. The molecule has 6 rings (SSSR count). The quantitative estimate of drug-likeness (QED) is 0.294. The first-order valence-corrected chi connectivity index (χ1v) is 12.5. The van der Waals surface area contributed by atoms with Gasteiger partial charge in [-0.3, -0.25) is 9.78 Å². The van der Waals surface area contributed by atoms with Gasteiger partial charge in [0, 0.05) is 46.7 Å². The largest absolute Gasteiger partial charge is 0.473 e. The molecule has 7 nitrogen and oxygen atoms in total. The number of carbonyl (C=O) groups is 1. The molecule has 182 valence electrons. The average molecular weight is 500 g/mol. The summed E-state index contributed by atoms with van der Waals surface area (Å²) < 4.78 is 5.95. The van der Waals surface area contributed by atoms with Crippen molar-refractivity contribution in [3.05, 3.63) is 76.1 Å². The number of benzene rings is 1. The van der Waals surface area contributed by atoms with Crippen molar-refractivity contribution in [3.63, 3.8) is 0 Å². The predicted octanol–water partition coefficient (Wildman–Crippen LogP) is 6.14. The summed E-state index contributed by atoms with van der Waals surface area (Å²) in [5, 5.41) is 7.38. The lowest BCUT2D eigenvalue weighted by molar-refractivity contribution is 0.0940. The van der Waals surface area contributed by atoms with Gasteiger partial charge in [0.15, 0.2) is 0 Å². The molecule has 0 radical (unpaired) electrons. The smallest absolute Gasteiger partial charge is 0.255 e. The number of pyridine rings is 2. The molecule has 0 aliphatic carbocycles. The van der Waals surface area contributed by atoms with E-state index in [-0.39, 0.29) is 11.8 Å². The first-order chi connectivity index (χ1) is 17.5. The van der Waals surface area contributed by atoms with Crippen LogP contribution in [-0.4, -0.2) is 34.0 Å². The molecular formula is C28H26ClN5O2. The Morgan fingerprint density at radius 3 is 2.97 bits per heavy atom. The van der Waals surface area contributed by atoms with E-state index in [1.807, 2.05) is 36.4 Å². The van der Waals surface area contributed by atoms with E-state index in [9.17, 15) is 4.79 Å². The van der Waals surface area contributed by atoms with Gasteiger partial charge in [-0.1, -0.05) is 30.2 Å². The number of aromatic nitrogens is 3. The van der Waals surface area contributed by atoms with E-state index < -0.39 is 0 Å². The maximum atomic E-state index is 13.3.